The summed E-state index contributed by atoms with van der Waals surface area (Å²) in [5.41, 5.74) is -1.47. The molecular formula is C19H32O10S2. The molecule has 0 aliphatic heterocycles. The first kappa shape index (κ1) is 29.5. The number of carbonyl (C=O) groups excluding carboxylic acids is 3. The average Bonchev–Trinajstić information content (AvgIpc) is 2.72. The topological polar surface area (TPSA) is 146 Å². The molecule has 180 valence electrons. The second-order valence-corrected chi connectivity index (χ2v) is 9.42. The van der Waals surface area contributed by atoms with Gasteiger partial charge in [-0.1, -0.05) is 0 Å². The molecule has 0 saturated heterocycles. The number of Topliss-reactive ketones (excluding diaryl/α,β-unsaturated/α-hetero) is 1. The van der Waals surface area contributed by atoms with Crippen molar-refractivity contribution in [2.24, 2.45) is 5.41 Å². The molecule has 0 aromatic carbocycles. The lowest BCUT2D eigenvalue weighted by Crippen LogP contribution is -2.40. The van der Waals surface area contributed by atoms with Crippen molar-refractivity contribution in [2.75, 3.05) is 57.4 Å². The smallest absolute Gasteiger partial charge is 0.481 e. The van der Waals surface area contributed by atoms with E-state index in [1.807, 2.05) is 0 Å². The molecule has 0 saturated carbocycles. The van der Waals surface area contributed by atoms with E-state index < -0.39 is 36.7 Å². The minimum Gasteiger partial charge on any atom is -0.481 e. The minimum absolute atomic E-state index is 0.00562. The summed E-state index contributed by atoms with van der Waals surface area (Å²) in [6, 6.07) is 0. The molecule has 0 aliphatic rings. The van der Waals surface area contributed by atoms with Crippen molar-refractivity contribution in [3.63, 3.8) is 0 Å². The van der Waals surface area contributed by atoms with E-state index in [0.717, 1.165) is 0 Å². The standard InChI is InChI=1S/C19H32O10S2/c1-14(21)4-9-31-15(11-30-8-5-16(22)23)10-28-17(24)19(2,12-20)13-29-18(25)27-7-6-26-3/h15,20H,4-13H2,1-3H3,(H,22,23). The fraction of sp³-hybridized carbons (Fsp3) is 0.789. The van der Waals surface area contributed by atoms with Crippen LogP contribution in [0.25, 0.3) is 0 Å². The number of carboxylic acid groups (broad SMARTS) is 1. The monoisotopic (exact) mass is 484 g/mol. The van der Waals surface area contributed by atoms with Crippen LogP contribution in [0.5, 0.6) is 0 Å². The molecule has 0 aliphatic carbocycles. The van der Waals surface area contributed by atoms with Crippen molar-refractivity contribution in [1.29, 1.82) is 0 Å². The van der Waals surface area contributed by atoms with Crippen LogP contribution >= 0.6 is 23.5 Å². The van der Waals surface area contributed by atoms with Crippen LogP contribution in [-0.4, -0.2) is 96.7 Å². The molecular weight excluding hydrogens is 452 g/mol. The Morgan fingerprint density at radius 2 is 1.74 bits per heavy atom. The maximum atomic E-state index is 12.5. The molecule has 0 fully saturated rings. The van der Waals surface area contributed by atoms with Gasteiger partial charge in [-0.15, -0.1) is 0 Å². The van der Waals surface area contributed by atoms with E-state index in [1.165, 1.54) is 44.5 Å². The van der Waals surface area contributed by atoms with Gasteiger partial charge < -0.3 is 29.2 Å². The first-order chi connectivity index (χ1) is 14.6. The maximum absolute atomic E-state index is 12.5. The van der Waals surface area contributed by atoms with Gasteiger partial charge in [0.1, 0.15) is 31.0 Å². The number of ketones is 1. The summed E-state index contributed by atoms with van der Waals surface area (Å²) in [6.45, 7) is 2.06. The van der Waals surface area contributed by atoms with E-state index in [0.29, 0.717) is 23.7 Å². The largest absolute Gasteiger partial charge is 0.508 e. The summed E-state index contributed by atoms with van der Waals surface area (Å²) < 4.78 is 19.7. The average molecular weight is 485 g/mol. The number of ether oxygens (including phenoxy) is 4. The van der Waals surface area contributed by atoms with E-state index in [1.54, 1.807) is 0 Å². The third kappa shape index (κ3) is 15.0. The summed E-state index contributed by atoms with van der Waals surface area (Å²) in [4.78, 5) is 45.8. The highest BCUT2D eigenvalue weighted by atomic mass is 32.2. The summed E-state index contributed by atoms with van der Waals surface area (Å²) in [6.07, 6.45) is -0.588. The van der Waals surface area contributed by atoms with Crippen LogP contribution in [0.3, 0.4) is 0 Å². The van der Waals surface area contributed by atoms with Crippen molar-refractivity contribution in [2.45, 2.75) is 31.9 Å². The number of thioether (sulfide) groups is 2. The number of hydrogen-bond donors (Lipinski definition) is 2. The second kappa shape index (κ2) is 17.1. The summed E-state index contributed by atoms with van der Waals surface area (Å²) in [7, 11) is 1.45. The van der Waals surface area contributed by atoms with Crippen molar-refractivity contribution in [1.82, 2.24) is 0 Å². The molecule has 2 N–H and O–H groups in total. The molecule has 10 nitrogen and oxygen atoms in total. The first-order valence-corrected chi connectivity index (χ1v) is 11.8. The Labute approximate surface area is 190 Å². The molecule has 0 rings (SSSR count). The van der Waals surface area contributed by atoms with E-state index in [4.69, 9.17) is 24.1 Å². The molecule has 0 aromatic rings. The van der Waals surface area contributed by atoms with Crippen LogP contribution in [-0.2, 0) is 33.3 Å². The third-order valence-corrected chi connectivity index (χ3v) is 6.39. The third-order valence-electron chi connectivity index (χ3n) is 3.83. The van der Waals surface area contributed by atoms with Crippen molar-refractivity contribution < 1.29 is 48.3 Å². The number of methoxy groups -OCH3 is 1. The fourth-order valence-corrected chi connectivity index (χ4v) is 4.29. The quantitative estimate of drug-likeness (QED) is 0.215. The lowest BCUT2D eigenvalue weighted by molar-refractivity contribution is -0.160. The lowest BCUT2D eigenvalue weighted by Gasteiger charge is -2.25. The van der Waals surface area contributed by atoms with Gasteiger partial charge in [-0.2, -0.15) is 23.5 Å². The van der Waals surface area contributed by atoms with Crippen molar-refractivity contribution in [3.8, 4) is 0 Å². The molecule has 0 amide bonds. The van der Waals surface area contributed by atoms with Gasteiger partial charge in [-0.25, -0.2) is 4.79 Å². The van der Waals surface area contributed by atoms with Crippen LogP contribution in [0.2, 0.25) is 0 Å². The van der Waals surface area contributed by atoms with Gasteiger partial charge >= 0.3 is 18.1 Å². The molecule has 0 heterocycles. The number of aliphatic hydroxyl groups excluding tert-OH is 1. The molecule has 0 aromatic heterocycles. The maximum Gasteiger partial charge on any atom is 0.508 e. The molecule has 0 bridgehead atoms. The van der Waals surface area contributed by atoms with Crippen molar-refractivity contribution in [3.05, 3.63) is 0 Å². The van der Waals surface area contributed by atoms with Crippen LogP contribution in [0.15, 0.2) is 0 Å². The summed E-state index contributed by atoms with van der Waals surface area (Å²) >= 11 is 2.87. The Balaban J connectivity index is 4.65. The van der Waals surface area contributed by atoms with Gasteiger partial charge in [-0.05, 0) is 13.8 Å². The number of aliphatic carboxylic acids is 1. The minimum atomic E-state index is -1.47. The zero-order chi connectivity index (χ0) is 23.7. The Hall–Kier alpha value is -1.50. The lowest BCUT2D eigenvalue weighted by atomic mass is 9.93. The van der Waals surface area contributed by atoms with E-state index >= 15 is 0 Å². The van der Waals surface area contributed by atoms with Crippen molar-refractivity contribution >= 4 is 47.4 Å². The van der Waals surface area contributed by atoms with Gasteiger partial charge in [0, 0.05) is 36.0 Å². The Bertz CT molecular complexity index is 572. The zero-order valence-corrected chi connectivity index (χ0v) is 19.8. The normalized spacial score (nSPS) is 13.7. The molecule has 0 spiro atoms. The highest BCUT2D eigenvalue weighted by Crippen LogP contribution is 2.23. The number of rotatable bonds is 18. The van der Waals surface area contributed by atoms with E-state index in [2.05, 4.69) is 0 Å². The van der Waals surface area contributed by atoms with Gasteiger partial charge in [0.2, 0.25) is 0 Å². The predicted molar refractivity (Wildman–Crippen MR) is 116 cm³/mol. The number of aliphatic hydroxyl groups is 1. The van der Waals surface area contributed by atoms with Crippen LogP contribution in [0.1, 0.15) is 26.7 Å². The molecule has 12 heteroatoms. The Morgan fingerprint density at radius 1 is 1.03 bits per heavy atom. The summed E-state index contributed by atoms with van der Waals surface area (Å²) in [5.74, 6) is -0.0948. The van der Waals surface area contributed by atoms with E-state index in [-0.39, 0.29) is 37.3 Å². The number of carbonyl (C=O) groups is 4. The molecule has 0 radical (unpaired) electrons. The van der Waals surface area contributed by atoms with Gasteiger partial charge in [0.15, 0.2) is 0 Å². The number of esters is 1. The highest BCUT2D eigenvalue weighted by Gasteiger charge is 2.37. The van der Waals surface area contributed by atoms with Gasteiger partial charge in [-0.3, -0.25) is 14.4 Å². The zero-order valence-electron chi connectivity index (χ0n) is 18.1. The second-order valence-electron chi connectivity index (χ2n) is 6.86. The Morgan fingerprint density at radius 3 is 2.32 bits per heavy atom. The van der Waals surface area contributed by atoms with Gasteiger partial charge in [0.25, 0.3) is 0 Å². The van der Waals surface area contributed by atoms with Crippen LogP contribution < -0.4 is 0 Å². The predicted octanol–water partition coefficient (Wildman–Crippen LogP) is 1.62. The Kier molecular flexibility index (Phi) is 16.3. The molecule has 31 heavy (non-hydrogen) atoms. The number of hydrogen-bond acceptors (Lipinski definition) is 11. The van der Waals surface area contributed by atoms with Crippen LogP contribution in [0, 0.1) is 5.41 Å². The SMILES string of the molecule is COCCOC(=O)OCC(C)(CO)C(=O)OCC(CSCCC(=O)O)SCCC(C)=O. The van der Waals surface area contributed by atoms with Crippen LogP contribution in [0.4, 0.5) is 4.79 Å². The first-order valence-electron chi connectivity index (χ1n) is 9.61. The summed E-state index contributed by atoms with van der Waals surface area (Å²) in [5, 5.41) is 18.2. The highest BCUT2D eigenvalue weighted by molar-refractivity contribution is 8.03. The molecule has 2 atom stereocenters. The fourth-order valence-electron chi connectivity index (χ4n) is 1.87. The van der Waals surface area contributed by atoms with E-state index in [9.17, 15) is 24.3 Å². The molecule has 2 unspecified atom stereocenters. The van der Waals surface area contributed by atoms with Gasteiger partial charge in [0.05, 0.1) is 19.6 Å². The number of carboxylic acids is 1.